The van der Waals surface area contributed by atoms with Crippen molar-refractivity contribution in [1.29, 1.82) is 0 Å². The summed E-state index contributed by atoms with van der Waals surface area (Å²) in [6.45, 7) is 1.99. The van der Waals surface area contributed by atoms with Gasteiger partial charge in [-0.2, -0.15) is 0 Å². The van der Waals surface area contributed by atoms with Crippen LogP contribution in [-0.2, 0) is 9.59 Å². The molecule has 5 heteroatoms. The molecule has 0 radical (unpaired) electrons. The molecule has 2 fully saturated rings. The van der Waals surface area contributed by atoms with Crippen LogP contribution in [0.3, 0.4) is 0 Å². The number of anilines is 1. The lowest BCUT2D eigenvalue weighted by molar-refractivity contribution is -0.134. The Morgan fingerprint density at radius 3 is 2.43 bits per heavy atom. The number of carbonyl (C=O) groups excluding carboxylic acids is 2. The molecule has 1 unspecified atom stereocenters. The van der Waals surface area contributed by atoms with Crippen molar-refractivity contribution in [3.05, 3.63) is 30.3 Å². The first-order chi connectivity index (χ1) is 10.2. The van der Waals surface area contributed by atoms with E-state index in [2.05, 4.69) is 39.8 Å². The summed E-state index contributed by atoms with van der Waals surface area (Å²) in [5, 5.41) is 5.81. The van der Waals surface area contributed by atoms with E-state index in [4.69, 9.17) is 0 Å². The van der Waals surface area contributed by atoms with Crippen LogP contribution in [0, 0.1) is 0 Å². The van der Waals surface area contributed by atoms with Crippen molar-refractivity contribution in [3.63, 3.8) is 0 Å². The fraction of sp³-hybridized carbons (Fsp3) is 0.500. The molecular formula is C16H21N3O2. The highest BCUT2D eigenvalue weighted by molar-refractivity contribution is 6.00. The molecule has 1 atom stereocenters. The monoisotopic (exact) mass is 287 g/mol. The lowest BCUT2D eigenvalue weighted by Crippen LogP contribution is -2.55. The lowest BCUT2D eigenvalue weighted by atomic mass is 10.00. The number of amides is 2. The molecule has 0 saturated carbocycles. The van der Waals surface area contributed by atoms with Crippen LogP contribution in [0.5, 0.6) is 0 Å². The van der Waals surface area contributed by atoms with Crippen LogP contribution in [0.2, 0.25) is 0 Å². The molecular weight excluding hydrogens is 266 g/mol. The molecule has 5 nitrogen and oxygen atoms in total. The van der Waals surface area contributed by atoms with E-state index >= 15 is 0 Å². The van der Waals surface area contributed by atoms with Crippen molar-refractivity contribution >= 4 is 17.5 Å². The summed E-state index contributed by atoms with van der Waals surface area (Å²) in [5.74, 6) is -0.325. The highest BCUT2D eigenvalue weighted by Gasteiger charge is 2.29. The maximum Gasteiger partial charge on any atom is 0.243 e. The Morgan fingerprint density at radius 2 is 1.76 bits per heavy atom. The SMILES string of the molecule is O=C1CCC(NC2CCN(c3ccccc3)CC2)C(=O)N1. The number of imide groups is 1. The van der Waals surface area contributed by atoms with Gasteiger partial charge in [0.05, 0.1) is 6.04 Å². The molecule has 112 valence electrons. The van der Waals surface area contributed by atoms with Gasteiger partial charge in [0.15, 0.2) is 0 Å². The second kappa shape index (κ2) is 6.26. The second-order valence-corrected chi connectivity index (χ2v) is 5.77. The van der Waals surface area contributed by atoms with Gasteiger partial charge in [-0.15, -0.1) is 0 Å². The minimum Gasteiger partial charge on any atom is -0.371 e. The first-order valence-corrected chi connectivity index (χ1v) is 7.62. The zero-order chi connectivity index (χ0) is 14.7. The van der Waals surface area contributed by atoms with E-state index in [0.717, 1.165) is 25.9 Å². The Kier molecular flexibility index (Phi) is 4.20. The number of rotatable bonds is 3. The average molecular weight is 287 g/mol. The van der Waals surface area contributed by atoms with Gasteiger partial charge in [-0.1, -0.05) is 18.2 Å². The van der Waals surface area contributed by atoms with Gasteiger partial charge < -0.3 is 10.2 Å². The maximum atomic E-state index is 11.8. The van der Waals surface area contributed by atoms with Crippen LogP contribution in [0.25, 0.3) is 0 Å². The quantitative estimate of drug-likeness (QED) is 0.816. The van der Waals surface area contributed by atoms with Crippen molar-refractivity contribution in [2.24, 2.45) is 0 Å². The number of para-hydroxylation sites is 1. The van der Waals surface area contributed by atoms with Crippen molar-refractivity contribution in [2.45, 2.75) is 37.8 Å². The van der Waals surface area contributed by atoms with E-state index in [0.29, 0.717) is 18.9 Å². The smallest absolute Gasteiger partial charge is 0.243 e. The van der Waals surface area contributed by atoms with Crippen molar-refractivity contribution in [3.8, 4) is 0 Å². The first-order valence-electron chi connectivity index (χ1n) is 7.62. The van der Waals surface area contributed by atoms with Gasteiger partial charge in [0.2, 0.25) is 11.8 Å². The van der Waals surface area contributed by atoms with Crippen molar-refractivity contribution in [1.82, 2.24) is 10.6 Å². The molecule has 2 aliphatic rings. The van der Waals surface area contributed by atoms with E-state index in [1.54, 1.807) is 0 Å². The Balaban J connectivity index is 1.50. The molecule has 2 amide bonds. The van der Waals surface area contributed by atoms with E-state index in [1.165, 1.54) is 5.69 Å². The number of benzene rings is 1. The molecule has 0 aliphatic carbocycles. The predicted molar refractivity (Wildman–Crippen MR) is 81.0 cm³/mol. The predicted octanol–water partition coefficient (Wildman–Crippen LogP) is 1.05. The average Bonchev–Trinajstić information content (AvgIpc) is 2.52. The van der Waals surface area contributed by atoms with E-state index in [9.17, 15) is 9.59 Å². The molecule has 1 aromatic rings. The van der Waals surface area contributed by atoms with Gasteiger partial charge in [0.25, 0.3) is 0 Å². The number of nitrogens with one attached hydrogen (secondary N) is 2. The highest BCUT2D eigenvalue weighted by Crippen LogP contribution is 2.20. The Bertz CT molecular complexity index is 510. The second-order valence-electron chi connectivity index (χ2n) is 5.77. The Morgan fingerprint density at radius 1 is 1.05 bits per heavy atom. The molecule has 0 bridgehead atoms. The molecule has 21 heavy (non-hydrogen) atoms. The van der Waals surface area contributed by atoms with Crippen molar-refractivity contribution in [2.75, 3.05) is 18.0 Å². The summed E-state index contributed by atoms with van der Waals surface area (Å²) in [4.78, 5) is 25.3. The Labute approximate surface area is 124 Å². The van der Waals surface area contributed by atoms with E-state index < -0.39 is 0 Å². The maximum absolute atomic E-state index is 11.8. The zero-order valence-corrected chi connectivity index (χ0v) is 12.0. The number of hydrogen-bond acceptors (Lipinski definition) is 4. The van der Waals surface area contributed by atoms with Gasteiger partial charge in [-0.3, -0.25) is 14.9 Å². The number of nitrogens with zero attached hydrogens (tertiary/aromatic N) is 1. The highest BCUT2D eigenvalue weighted by atomic mass is 16.2. The third kappa shape index (κ3) is 3.42. The molecule has 2 N–H and O–H groups in total. The Hall–Kier alpha value is -1.88. The standard InChI is InChI=1S/C16H21N3O2/c20-15-7-6-14(16(21)18-15)17-12-8-10-19(11-9-12)13-4-2-1-3-5-13/h1-5,12,14,17H,6-11H2,(H,18,20,21). The van der Waals surface area contributed by atoms with Crippen LogP contribution < -0.4 is 15.5 Å². The summed E-state index contributed by atoms with van der Waals surface area (Å²) in [5.41, 5.74) is 1.26. The molecule has 2 saturated heterocycles. The van der Waals surface area contributed by atoms with Crippen LogP contribution >= 0.6 is 0 Å². The number of hydrogen-bond donors (Lipinski definition) is 2. The first kappa shape index (κ1) is 14.1. The molecule has 0 aromatic heterocycles. The molecule has 2 aliphatic heterocycles. The van der Waals surface area contributed by atoms with Gasteiger partial charge in [0.1, 0.15) is 0 Å². The minimum absolute atomic E-state index is 0.156. The topological polar surface area (TPSA) is 61.4 Å². The molecule has 3 rings (SSSR count). The van der Waals surface area contributed by atoms with Crippen LogP contribution in [0.1, 0.15) is 25.7 Å². The van der Waals surface area contributed by atoms with Gasteiger partial charge in [0, 0.05) is 31.2 Å². The summed E-state index contributed by atoms with van der Waals surface area (Å²) >= 11 is 0. The number of carbonyl (C=O) groups is 2. The van der Waals surface area contributed by atoms with E-state index in [-0.39, 0.29) is 17.9 Å². The van der Waals surface area contributed by atoms with Gasteiger partial charge in [-0.25, -0.2) is 0 Å². The third-order valence-corrected chi connectivity index (χ3v) is 4.29. The van der Waals surface area contributed by atoms with Crippen LogP contribution in [0.4, 0.5) is 5.69 Å². The number of piperidine rings is 2. The summed E-state index contributed by atoms with van der Waals surface area (Å²) in [6.07, 6.45) is 3.09. The molecule has 1 aromatic carbocycles. The largest absolute Gasteiger partial charge is 0.371 e. The van der Waals surface area contributed by atoms with Crippen LogP contribution in [-0.4, -0.2) is 37.0 Å². The van der Waals surface area contributed by atoms with E-state index in [1.807, 2.05) is 6.07 Å². The molecule has 2 heterocycles. The van der Waals surface area contributed by atoms with Gasteiger partial charge in [-0.05, 0) is 31.4 Å². The zero-order valence-electron chi connectivity index (χ0n) is 12.0. The normalized spacial score (nSPS) is 24.0. The minimum atomic E-state index is -0.212. The summed E-state index contributed by atoms with van der Waals surface area (Å²) < 4.78 is 0. The van der Waals surface area contributed by atoms with Crippen LogP contribution in [0.15, 0.2) is 30.3 Å². The molecule has 0 spiro atoms. The fourth-order valence-corrected chi connectivity index (χ4v) is 3.08. The van der Waals surface area contributed by atoms with Crippen molar-refractivity contribution < 1.29 is 9.59 Å². The summed E-state index contributed by atoms with van der Waals surface area (Å²) in [7, 11) is 0. The lowest BCUT2D eigenvalue weighted by Gasteiger charge is -2.36. The fourth-order valence-electron chi connectivity index (χ4n) is 3.08. The summed E-state index contributed by atoms with van der Waals surface area (Å²) in [6, 6.07) is 10.6. The van der Waals surface area contributed by atoms with Gasteiger partial charge >= 0.3 is 0 Å². The third-order valence-electron chi connectivity index (χ3n) is 4.29.